The first kappa shape index (κ1) is 13.5. The van der Waals surface area contributed by atoms with Gasteiger partial charge < -0.3 is 14.8 Å². The molecule has 0 fully saturated rings. The molecule has 90 valence electrons. The molecule has 0 aliphatic carbocycles. The molecule has 1 atom stereocenters. The van der Waals surface area contributed by atoms with Crippen LogP contribution in [0.2, 0.25) is 0 Å². The number of rotatable bonds is 5. The summed E-state index contributed by atoms with van der Waals surface area (Å²) in [6.45, 7) is 4.09. The normalized spacial score (nSPS) is 12.9. The summed E-state index contributed by atoms with van der Waals surface area (Å²) in [6.07, 6.45) is -0.251. The lowest BCUT2D eigenvalue weighted by atomic mass is 10.2. The Morgan fingerprint density at radius 1 is 1.25 bits per heavy atom. The van der Waals surface area contributed by atoms with Crippen molar-refractivity contribution >= 4 is 21.6 Å². The molecule has 0 aromatic heterocycles. The second-order valence-corrected chi connectivity index (χ2v) is 4.65. The summed E-state index contributed by atoms with van der Waals surface area (Å²) in [4.78, 5) is 0. The Morgan fingerprint density at radius 3 is 2.44 bits per heavy atom. The first-order valence-electron chi connectivity index (χ1n) is 5.16. The van der Waals surface area contributed by atoms with Crippen molar-refractivity contribution in [2.75, 3.05) is 19.5 Å². The van der Waals surface area contributed by atoms with E-state index < -0.39 is 0 Å². The first-order valence-corrected chi connectivity index (χ1v) is 5.96. The zero-order valence-electron chi connectivity index (χ0n) is 10.1. The third-order valence-electron chi connectivity index (χ3n) is 2.46. The highest BCUT2D eigenvalue weighted by atomic mass is 79.9. The number of ether oxygens (including phenoxy) is 2. The minimum absolute atomic E-state index is 0.0861. The summed E-state index contributed by atoms with van der Waals surface area (Å²) >= 11 is 3.45. The van der Waals surface area contributed by atoms with Crippen LogP contribution in [0.25, 0.3) is 0 Å². The van der Waals surface area contributed by atoms with E-state index in [1.54, 1.807) is 14.2 Å². The lowest BCUT2D eigenvalue weighted by Gasteiger charge is -2.24. The van der Waals surface area contributed by atoms with Crippen LogP contribution in [0.4, 0.5) is 5.69 Å². The average molecular weight is 288 g/mol. The number of hydrogen-bond donors (Lipinski definition) is 1. The van der Waals surface area contributed by atoms with E-state index in [4.69, 9.17) is 9.47 Å². The number of nitrogens with one attached hydrogen (secondary N) is 1. The van der Waals surface area contributed by atoms with Gasteiger partial charge in [-0.05, 0) is 31.5 Å². The SMILES string of the molecule is COC(OC)C(C)Nc1cc(Br)ccc1C. The molecular weight excluding hydrogens is 270 g/mol. The fraction of sp³-hybridized carbons (Fsp3) is 0.500. The molecule has 0 radical (unpaired) electrons. The van der Waals surface area contributed by atoms with E-state index in [1.807, 2.05) is 19.1 Å². The standard InChI is InChI=1S/C12H18BrNO2/c1-8-5-6-10(13)7-11(8)14-9(2)12(15-3)16-4/h5-7,9,12,14H,1-4H3. The van der Waals surface area contributed by atoms with Gasteiger partial charge in [0.25, 0.3) is 0 Å². The highest BCUT2D eigenvalue weighted by molar-refractivity contribution is 9.10. The van der Waals surface area contributed by atoms with Crippen molar-refractivity contribution in [2.24, 2.45) is 0 Å². The highest BCUT2D eigenvalue weighted by Crippen LogP contribution is 2.22. The molecule has 3 nitrogen and oxygen atoms in total. The maximum Gasteiger partial charge on any atom is 0.176 e. The minimum atomic E-state index is -0.251. The van der Waals surface area contributed by atoms with Crippen molar-refractivity contribution < 1.29 is 9.47 Å². The van der Waals surface area contributed by atoms with Crippen LogP contribution in [0, 0.1) is 6.92 Å². The highest BCUT2D eigenvalue weighted by Gasteiger charge is 2.16. The average Bonchev–Trinajstić information content (AvgIpc) is 2.25. The van der Waals surface area contributed by atoms with Crippen molar-refractivity contribution in [3.05, 3.63) is 28.2 Å². The summed E-state index contributed by atoms with van der Waals surface area (Å²) in [5, 5.41) is 3.37. The van der Waals surface area contributed by atoms with Crippen LogP contribution in [0.15, 0.2) is 22.7 Å². The van der Waals surface area contributed by atoms with E-state index in [2.05, 4.69) is 34.2 Å². The quantitative estimate of drug-likeness (QED) is 0.844. The molecule has 0 aliphatic rings. The van der Waals surface area contributed by atoms with Gasteiger partial charge in [-0.1, -0.05) is 22.0 Å². The summed E-state index contributed by atoms with van der Waals surface area (Å²) in [5.41, 5.74) is 2.28. The largest absolute Gasteiger partial charge is 0.377 e. The third kappa shape index (κ3) is 3.47. The van der Waals surface area contributed by atoms with Gasteiger partial charge in [0.05, 0.1) is 6.04 Å². The maximum absolute atomic E-state index is 5.21. The Bertz CT molecular complexity index is 340. The van der Waals surface area contributed by atoms with Gasteiger partial charge in [-0.2, -0.15) is 0 Å². The smallest absolute Gasteiger partial charge is 0.176 e. The van der Waals surface area contributed by atoms with E-state index >= 15 is 0 Å². The van der Waals surface area contributed by atoms with Crippen LogP contribution < -0.4 is 5.32 Å². The van der Waals surface area contributed by atoms with Crippen LogP contribution in [0.1, 0.15) is 12.5 Å². The number of anilines is 1. The van der Waals surface area contributed by atoms with Crippen LogP contribution in [-0.2, 0) is 9.47 Å². The first-order chi connectivity index (χ1) is 7.58. The monoisotopic (exact) mass is 287 g/mol. The van der Waals surface area contributed by atoms with E-state index in [-0.39, 0.29) is 12.3 Å². The van der Waals surface area contributed by atoms with Crippen molar-refractivity contribution in [3.63, 3.8) is 0 Å². The van der Waals surface area contributed by atoms with Crippen LogP contribution >= 0.6 is 15.9 Å². The molecule has 1 N–H and O–H groups in total. The van der Waals surface area contributed by atoms with Crippen molar-refractivity contribution in [1.29, 1.82) is 0 Å². The molecule has 0 aliphatic heterocycles. The van der Waals surface area contributed by atoms with Crippen LogP contribution in [0.3, 0.4) is 0 Å². The van der Waals surface area contributed by atoms with Gasteiger partial charge in [-0.3, -0.25) is 0 Å². The molecule has 0 spiro atoms. The van der Waals surface area contributed by atoms with Gasteiger partial charge in [0.15, 0.2) is 6.29 Å². The summed E-state index contributed by atoms with van der Waals surface area (Å²) in [7, 11) is 3.28. The fourth-order valence-corrected chi connectivity index (χ4v) is 1.93. The van der Waals surface area contributed by atoms with Crippen molar-refractivity contribution in [2.45, 2.75) is 26.2 Å². The predicted molar refractivity (Wildman–Crippen MR) is 69.8 cm³/mol. The topological polar surface area (TPSA) is 30.5 Å². The number of halogens is 1. The summed E-state index contributed by atoms with van der Waals surface area (Å²) in [5.74, 6) is 0. The molecule has 4 heteroatoms. The van der Waals surface area contributed by atoms with E-state index in [0.717, 1.165) is 10.2 Å². The third-order valence-corrected chi connectivity index (χ3v) is 2.95. The van der Waals surface area contributed by atoms with E-state index in [9.17, 15) is 0 Å². The van der Waals surface area contributed by atoms with Gasteiger partial charge >= 0.3 is 0 Å². The second kappa shape index (κ2) is 6.23. The lowest BCUT2D eigenvalue weighted by molar-refractivity contribution is -0.109. The summed E-state index contributed by atoms with van der Waals surface area (Å²) < 4.78 is 11.5. The van der Waals surface area contributed by atoms with Gasteiger partial charge in [0.1, 0.15) is 0 Å². The molecule has 1 aromatic carbocycles. The molecule has 0 saturated carbocycles. The lowest BCUT2D eigenvalue weighted by Crippen LogP contribution is -2.33. The van der Waals surface area contributed by atoms with Crippen LogP contribution in [0.5, 0.6) is 0 Å². The molecule has 1 unspecified atom stereocenters. The molecule has 1 aromatic rings. The number of benzene rings is 1. The molecule has 0 amide bonds. The molecule has 0 bridgehead atoms. The van der Waals surface area contributed by atoms with E-state index in [0.29, 0.717) is 0 Å². The van der Waals surface area contributed by atoms with Crippen LogP contribution in [-0.4, -0.2) is 26.6 Å². The molecule has 0 saturated heterocycles. The maximum atomic E-state index is 5.21. The summed E-state index contributed by atoms with van der Waals surface area (Å²) in [6, 6.07) is 6.22. The molecule has 16 heavy (non-hydrogen) atoms. The van der Waals surface area contributed by atoms with Gasteiger partial charge in [-0.15, -0.1) is 0 Å². The Kier molecular flexibility index (Phi) is 5.25. The number of aryl methyl sites for hydroxylation is 1. The second-order valence-electron chi connectivity index (χ2n) is 3.73. The van der Waals surface area contributed by atoms with Gasteiger partial charge in [0, 0.05) is 24.4 Å². The zero-order chi connectivity index (χ0) is 12.1. The Morgan fingerprint density at radius 2 is 1.88 bits per heavy atom. The molecule has 1 rings (SSSR count). The minimum Gasteiger partial charge on any atom is -0.377 e. The number of hydrogen-bond acceptors (Lipinski definition) is 3. The van der Waals surface area contributed by atoms with Crippen molar-refractivity contribution in [3.8, 4) is 0 Å². The predicted octanol–water partition coefficient (Wildman–Crippen LogP) is 3.18. The zero-order valence-corrected chi connectivity index (χ0v) is 11.7. The van der Waals surface area contributed by atoms with E-state index in [1.165, 1.54) is 5.56 Å². The van der Waals surface area contributed by atoms with Gasteiger partial charge in [0.2, 0.25) is 0 Å². The molecule has 0 heterocycles. The Labute approximate surface area is 105 Å². The number of methoxy groups -OCH3 is 2. The van der Waals surface area contributed by atoms with Crippen molar-refractivity contribution in [1.82, 2.24) is 0 Å². The van der Waals surface area contributed by atoms with Gasteiger partial charge in [-0.25, -0.2) is 0 Å². The Hall–Kier alpha value is -0.580. The Balaban J connectivity index is 2.75. The molecular formula is C12H18BrNO2. The fourth-order valence-electron chi connectivity index (χ4n) is 1.57.